The molecule has 0 saturated carbocycles. The molecule has 0 radical (unpaired) electrons. The molecule has 1 nitrogen and oxygen atoms in total. The SMILES string of the molecule is CC/C(=C\c1ccccc1)[C@@H](C)O. The predicted molar refractivity (Wildman–Crippen MR) is 56.4 cm³/mol. The normalized spacial score (nSPS) is 14.2. The van der Waals surface area contributed by atoms with E-state index in [1.54, 1.807) is 6.92 Å². The third-order valence-electron chi connectivity index (χ3n) is 2.10. The Morgan fingerprint density at radius 1 is 1.38 bits per heavy atom. The van der Waals surface area contributed by atoms with Gasteiger partial charge in [0.15, 0.2) is 0 Å². The van der Waals surface area contributed by atoms with Gasteiger partial charge in [0.25, 0.3) is 0 Å². The number of aliphatic hydroxyl groups is 1. The van der Waals surface area contributed by atoms with Crippen LogP contribution in [0.4, 0.5) is 0 Å². The zero-order chi connectivity index (χ0) is 9.68. The van der Waals surface area contributed by atoms with Crippen LogP contribution in [0.25, 0.3) is 6.08 Å². The minimum absolute atomic E-state index is 0.342. The Morgan fingerprint density at radius 3 is 2.46 bits per heavy atom. The molecule has 0 aliphatic rings. The van der Waals surface area contributed by atoms with E-state index in [0.717, 1.165) is 17.6 Å². The van der Waals surface area contributed by atoms with Crippen LogP contribution in [0.15, 0.2) is 35.9 Å². The van der Waals surface area contributed by atoms with Crippen LogP contribution in [-0.2, 0) is 0 Å². The molecule has 0 unspecified atom stereocenters. The lowest BCUT2D eigenvalue weighted by Gasteiger charge is -2.07. The van der Waals surface area contributed by atoms with Crippen molar-refractivity contribution < 1.29 is 5.11 Å². The summed E-state index contributed by atoms with van der Waals surface area (Å²) in [5, 5.41) is 9.41. The first-order chi connectivity index (χ1) is 6.24. The van der Waals surface area contributed by atoms with E-state index >= 15 is 0 Å². The zero-order valence-corrected chi connectivity index (χ0v) is 8.20. The molecule has 13 heavy (non-hydrogen) atoms. The van der Waals surface area contributed by atoms with Gasteiger partial charge in [0, 0.05) is 0 Å². The highest BCUT2D eigenvalue weighted by atomic mass is 16.3. The van der Waals surface area contributed by atoms with Crippen molar-refractivity contribution in [2.75, 3.05) is 0 Å². The third-order valence-corrected chi connectivity index (χ3v) is 2.10. The molecule has 1 aromatic rings. The molecule has 1 atom stereocenters. The molecule has 1 N–H and O–H groups in total. The number of hydrogen-bond acceptors (Lipinski definition) is 1. The van der Waals surface area contributed by atoms with E-state index in [2.05, 4.69) is 6.92 Å². The monoisotopic (exact) mass is 176 g/mol. The van der Waals surface area contributed by atoms with Crippen molar-refractivity contribution in [3.05, 3.63) is 41.5 Å². The number of hydrogen-bond donors (Lipinski definition) is 1. The fourth-order valence-electron chi connectivity index (χ4n) is 1.28. The molecule has 0 fully saturated rings. The van der Waals surface area contributed by atoms with E-state index in [1.807, 2.05) is 36.4 Å². The van der Waals surface area contributed by atoms with Crippen LogP contribution < -0.4 is 0 Å². The van der Waals surface area contributed by atoms with Gasteiger partial charge in [-0.3, -0.25) is 0 Å². The van der Waals surface area contributed by atoms with E-state index in [0.29, 0.717) is 0 Å². The Hall–Kier alpha value is -1.08. The third kappa shape index (κ3) is 3.03. The van der Waals surface area contributed by atoms with E-state index in [4.69, 9.17) is 0 Å². The highest BCUT2D eigenvalue weighted by Crippen LogP contribution is 2.12. The van der Waals surface area contributed by atoms with Crippen LogP contribution in [0.5, 0.6) is 0 Å². The molecule has 0 bridgehead atoms. The first kappa shape index (κ1) is 10.0. The smallest absolute Gasteiger partial charge is 0.0725 e. The van der Waals surface area contributed by atoms with Gasteiger partial charge in [-0.25, -0.2) is 0 Å². The van der Waals surface area contributed by atoms with Crippen LogP contribution in [0.1, 0.15) is 25.8 Å². The lowest BCUT2D eigenvalue weighted by Crippen LogP contribution is -2.02. The van der Waals surface area contributed by atoms with E-state index in [-0.39, 0.29) is 6.10 Å². The highest BCUT2D eigenvalue weighted by Gasteiger charge is 2.01. The summed E-state index contributed by atoms with van der Waals surface area (Å²) in [6.07, 6.45) is 2.60. The van der Waals surface area contributed by atoms with Gasteiger partial charge in [0.1, 0.15) is 0 Å². The first-order valence-electron chi connectivity index (χ1n) is 4.67. The Labute approximate surface area is 79.7 Å². The molecule has 0 amide bonds. The fourth-order valence-corrected chi connectivity index (χ4v) is 1.28. The van der Waals surface area contributed by atoms with Gasteiger partial charge in [-0.1, -0.05) is 43.3 Å². The molecule has 0 saturated heterocycles. The molecule has 1 heteroatoms. The van der Waals surface area contributed by atoms with Gasteiger partial charge in [-0.2, -0.15) is 0 Å². The van der Waals surface area contributed by atoms with E-state index in [1.165, 1.54) is 0 Å². The Bertz CT molecular complexity index is 272. The summed E-state index contributed by atoms with van der Waals surface area (Å²) in [6, 6.07) is 10.1. The molecule has 0 aliphatic heterocycles. The van der Waals surface area contributed by atoms with Crippen LogP contribution in [0, 0.1) is 0 Å². The molecule has 0 heterocycles. The van der Waals surface area contributed by atoms with Gasteiger partial charge in [-0.15, -0.1) is 0 Å². The second kappa shape index (κ2) is 4.83. The zero-order valence-electron chi connectivity index (χ0n) is 8.20. The van der Waals surface area contributed by atoms with E-state index in [9.17, 15) is 5.11 Å². The minimum atomic E-state index is -0.342. The number of benzene rings is 1. The fraction of sp³-hybridized carbons (Fsp3) is 0.333. The van der Waals surface area contributed by atoms with Gasteiger partial charge in [-0.05, 0) is 24.5 Å². The average Bonchev–Trinajstić information content (AvgIpc) is 2.15. The quantitative estimate of drug-likeness (QED) is 0.750. The van der Waals surface area contributed by atoms with Crippen molar-refractivity contribution in [1.29, 1.82) is 0 Å². The molecule has 1 rings (SSSR count). The first-order valence-corrected chi connectivity index (χ1v) is 4.67. The number of aliphatic hydroxyl groups excluding tert-OH is 1. The summed E-state index contributed by atoms with van der Waals surface area (Å²) < 4.78 is 0. The molecule has 0 aliphatic carbocycles. The van der Waals surface area contributed by atoms with Crippen LogP contribution in [-0.4, -0.2) is 11.2 Å². The average molecular weight is 176 g/mol. The summed E-state index contributed by atoms with van der Waals surface area (Å²) in [4.78, 5) is 0. The van der Waals surface area contributed by atoms with E-state index < -0.39 is 0 Å². The Kier molecular flexibility index (Phi) is 3.71. The molecule has 70 valence electrons. The van der Waals surface area contributed by atoms with Gasteiger partial charge < -0.3 is 5.11 Å². The Balaban J connectivity index is 2.85. The molecular formula is C12H16O. The van der Waals surface area contributed by atoms with Crippen molar-refractivity contribution in [3.8, 4) is 0 Å². The van der Waals surface area contributed by atoms with Crippen LogP contribution in [0.3, 0.4) is 0 Å². The van der Waals surface area contributed by atoms with Crippen molar-refractivity contribution in [1.82, 2.24) is 0 Å². The summed E-state index contributed by atoms with van der Waals surface area (Å²) >= 11 is 0. The summed E-state index contributed by atoms with van der Waals surface area (Å²) in [7, 11) is 0. The van der Waals surface area contributed by atoms with Crippen LogP contribution in [0.2, 0.25) is 0 Å². The van der Waals surface area contributed by atoms with Crippen molar-refractivity contribution in [3.63, 3.8) is 0 Å². The molecular weight excluding hydrogens is 160 g/mol. The lowest BCUT2D eigenvalue weighted by atomic mass is 10.0. The molecule has 0 spiro atoms. The topological polar surface area (TPSA) is 20.2 Å². The Morgan fingerprint density at radius 2 is 2.00 bits per heavy atom. The van der Waals surface area contributed by atoms with Gasteiger partial charge in [0.2, 0.25) is 0 Å². The van der Waals surface area contributed by atoms with Gasteiger partial charge >= 0.3 is 0 Å². The molecule has 1 aromatic carbocycles. The minimum Gasteiger partial charge on any atom is -0.389 e. The maximum Gasteiger partial charge on any atom is 0.0725 e. The highest BCUT2D eigenvalue weighted by molar-refractivity contribution is 5.53. The summed E-state index contributed by atoms with van der Waals surface area (Å²) in [5.74, 6) is 0. The number of rotatable bonds is 3. The van der Waals surface area contributed by atoms with Gasteiger partial charge in [0.05, 0.1) is 6.10 Å². The second-order valence-electron chi connectivity index (χ2n) is 3.16. The van der Waals surface area contributed by atoms with Crippen molar-refractivity contribution in [2.24, 2.45) is 0 Å². The largest absolute Gasteiger partial charge is 0.389 e. The molecule has 0 aromatic heterocycles. The maximum atomic E-state index is 9.41. The van der Waals surface area contributed by atoms with Crippen LogP contribution >= 0.6 is 0 Å². The summed E-state index contributed by atoms with van der Waals surface area (Å²) in [6.45, 7) is 3.86. The predicted octanol–water partition coefficient (Wildman–Crippen LogP) is 2.86. The maximum absolute atomic E-state index is 9.41. The standard InChI is InChI=1S/C12H16O/c1-3-12(10(2)13)9-11-7-5-4-6-8-11/h4-10,13H,3H2,1-2H3/b12-9+/t10-/m1/s1. The summed E-state index contributed by atoms with van der Waals surface area (Å²) in [5.41, 5.74) is 2.23. The van der Waals surface area contributed by atoms with Crippen molar-refractivity contribution in [2.45, 2.75) is 26.4 Å². The second-order valence-corrected chi connectivity index (χ2v) is 3.16. The van der Waals surface area contributed by atoms with Crippen molar-refractivity contribution >= 4 is 6.08 Å². The lowest BCUT2D eigenvalue weighted by molar-refractivity contribution is 0.229.